The minimum absolute atomic E-state index is 0.236. The molecule has 1 saturated heterocycles. The zero-order valence-corrected chi connectivity index (χ0v) is 16.2. The number of hydrogen-bond donors (Lipinski definition) is 2. The van der Waals surface area contributed by atoms with Crippen molar-refractivity contribution in [3.05, 3.63) is 46.8 Å². The zero-order chi connectivity index (χ0) is 19.3. The number of likely N-dealkylation sites (N-methyl/N-ethyl adjacent to an activating group) is 1. The number of hydrogen-bond acceptors (Lipinski definition) is 7. The molecule has 2 aliphatic heterocycles. The van der Waals surface area contributed by atoms with Gasteiger partial charge in [-0.05, 0) is 44.0 Å². The fourth-order valence-corrected chi connectivity index (χ4v) is 3.86. The van der Waals surface area contributed by atoms with Gasteiger partial charge in [0.15, 0.2) is 0 Å². The number of nitriles is 1. The molecule has 2 aromatic rings. The van der Waals surface area contributed by atoms with E-state index in [1.165, 1.54) is 0 Å². The first-order valence-corrected chi connectivity index (χ1v) is 9.88. The Bertz CT molecular complexity index is 857. The number of fused-ring (bicyclic) bond motifs is 1. The molecule has 7 nitrogen and oxygen atoms in total. The number of aromatic nitrogens is 2. The van der Waals surface area contributed by atoms with Crippen molar-refractivity contribution in [1.82, 2.24) is 14.9 Å². The summed E-state index contributed by atoms with van der Waals surface area (Å²) in [6.45, 7) is 3.86. The average molecular weight is 378 g/mol. The van der Waals surface area contributed by atoms with Crippen LogP contribution in [0.2, 0.25) is 0 Å². The number of pyridine rings is 2. The molecule has 0 radical (unpaired) electrons. The van der Waals surface area contributed by atoms with Crippen molar-refractivity contribution in [2.45, 2.75) is 38.5 Å². The summed E-state index contributed by atoms with van der Waals surface area (Å²) < 4.78 is 5.74. The van der Waals surface area contributed by atoms with Crippen LogP contribution >= 0.6 is 0 Å². The fourth-order valence-electron chi connectivity index (χ4n) is 3.86. The second-order valence-corrected chi connectivity index (χ2v) is 7.43. The summed E-state index contributed by atoms with van der Waals surface area (Å²) in [6, 6.07) is 8.20. The maximum absolute atomic E-state index is 9.83. The third kappa shape index (κ3) is 4.08. The number of nitrogens with zero attached hydrogens (tertiary/aromatic N) is 4. The van der Waals surface area contributed by atoms with Crippen LogP contribution in [0.1, 0.15) is 35.2 Å². The smallest absolute Gasteiger partial charge is 0.147 e. The van der Waals surface area contributed by atoms with Crippen LogP contribution in [0.4, 0.5) is 11.6 Å². The Morgan fingerprint density at radius 3 is 2.96 bits per heavy atom. The van der Waals surface area contributed by atoms with Crippen molar-refractivity contribution >= 4 is 11.6 Å². The van der Waals surface area contributed by atoms with Crippen LogP contribution < -0.4 is 10.6 Å². The van der Waals surface area contributed by atoms with Crippen molar-refractivity contribution < 1.29 is 4.74 Å². The molecule has 146 valence electrons. The van der Waals surface area contributed by atoms with E-state index >= 15 is 0 Å². The monoisotopic (exact) mass is 378 g/mol. The third-order valence-corrected chi connectivity index (χ3v) is 5.38. The van der Waals surface area contributed by atoms with Gasteiger partial charge in [0.1, 0.15) is 17.7 Å². The van der Waals surface area contributed by atoms with E-state index in [-0.39, 0.29) is 6.10 Å². The average Bonchev–Trinajstić information content (AvgIpc) is 3.25. The molecule has 1 atom stereocenters. The fraction of sp³-hybridized carbons (Fsp3) is 0.476. The lowest BCUT2D eigenvalue weighted by Crippen LogP contribution is -2.30. The zero-order valence-electron chi connectivity index (χ0n) is 16.2. The number of anilines is 2. The summed E-state index contributed by atoms with van der Waals surface area (Å²) in [6.07, 6.45) is 5.05. The van der Waals surface area contributed by atoms with Crippen LogP contribution in [0.5, 0.6) is 0 Å². The van der Waals surface area contributed by atoms with Gasteiger partial charge in [-0.2, -0.15) is 5.26 Å². The summed E-state index contributed by atoms with van der Waals surface area (Å²) in [5.41, 5.74) is 3.81. The first-order chi connectivity index (χ1) is 13.7. The minimum atomic E-state index is 0.236. The highest BCUT2D eigenvalue weighted by Gasteiger charge is 2.25. The number of ether oxygens (including phenoxy) is 1. The van der Waals surface area contributed by atoms with E-state index in [0.29, 0.717) is 17.9 Å². The van der Waals surface area contributed by atoms with Crippen LogP contribution in [0.25, 0.3) is 0 Å². The summed E-state index contributed by atoms with van der Waals surface area (Å²) >= 11 is 0. The normalized spacial score (nSPS) is 19.1. The van der Waals surface area contributed by atoms with Crippen LogP contribution in [-0.2, 0) is 24.2 Å². The quantitative estimate of drug-likeness (QED) is 0.799. The van der Waals surface area contributed by atoms with E-state index in [4.69, 9.17) is 9.72 Å². The highest BCUT2D eigenvalue weighted by Crippen LogP contribution is 2.32. The topological polar surface area (TPSA) is 86.1 Å². The van der Waals surface area contributed by atoms with Gasteiger partial charge in [-0.1, -0.05) is 6.07 Å². The first kappa shape index (κ1) is 18.7. The SMILES string of the molecule is CN1CCc2c(C#N)c(NCc3ccccn3)nc(NCC3CCCO3)c2C1. The molecule has 4 rings (SSSR count). The highest BCUT2D eigenvalue weighted by molar-refractivity contribution is 5.66. The summed E-state index contributed by atoms with van der Waals surface area (Å²) in [5, 5.41) is 16.7. The molecule has 0 aliphatic carbocycles. The van der Waals surface area contributed by atoms with Gasteiger partial charge in [0, 0.05) is 38.0 Å². The van der Waals surface area contributed by atoms with Crippen LogP contribution in [0, 0.1) is 11.3 Å². The van der Waals surface area contributed by atoms with E-state index in [9.17, 15) is 5.26 Å². The Labute approximate surface area is 165 Å². The maximum atomic E-state index is 9.83. The molecule has 28 heavy (non-hydrogen) atoms. The summed E-state index contributed by atoms with van der Waals surface area (Å²) in [5.74, 6) is 1.49. The molecule has 4 heterocycles. The second kappa shape index (κ2) is 8.55. The van der Waals surface area contributed by atoms with Crippen molar-refractivity contribution in [3.8, 4) is 6.07 Å². The molecule has 0 spiro atoms. The number of rotatable bonds is 6. The molecule has 1 fully saturated rings. The van der Waals surface area contributed by atoms with Gasteiger partial charge in [0.25, 0.3) is 0 Å². The molecule has 0 amide bonds. The molecule has 0 bridgehead atoms. The Balaban J connectivity index is 1.62. The standard InChI is InChI=1S/C21H26N6O/c1-27-9-7-17-18(11-22)20(24-12-15-5-2-3-8-23-15)26-21(19(17)14-27)25-13-16-6-4-10-28-16/h2-3,5,8,16H,4,6-7,9-10,12-14H2,1H3,(H2,24,25,26). The van der Waals surface area contributed by atoms with E-state index in [0.717, 1.165) is 68.1 Å². The minimum Gasteiger partial charge on any atom is -0.376 e. The molecule has 7 heteroatoms. The maximum Gasteiger partial charge on any atom is 0.147 e. The van der Waals surface area contributed by atoms with Gasteiger partial charge < -0.3 is 20.3 Å². The Hall–Kier alpha value is -2.69. The lowest BCUT2D eigenvalue weighted by atomic mass is 9.96. The summed E-state index contributed by atoms with van der Waals surface area (Å²) in [4.78, 5) is 11.4. The second-order valence-electron chi connectivity index (χ2n) is 7.43. The van der Waals surface area contributed by atoms with E-state index in [1.807, 2.05) is 18.2 Å². The predicted molar refractivity (Wildman–Crippen MR) is 108 cm³/mol. The van der Waals surface area contributed by atoms with Crippen LogP contribution in [0.3, 0.4) is 0 Å². The summed E-state index contributed by atoms with van der Waals surface area (Å²) in [7, 11) is 2.10. The number of nitrogens with one attached hydrogen (secondary N) is 2. The molecule has 2 aromatic heterocycles. The lowest BCUT2D eigenvalue weighted by Gasteiger charge is -2.29. The molecular formula is C21H26N6O. The molecule has 1 unspecified atom stereocenters. The van der Waals surface area contributed by atoms with E-state index < -0.39 is 0 Å². The molecule has 0 saturated carbocycles. The van der Waals surface area contributed by atoms with Gasteiger partial charge in [-0.25, -0.2) is 4.98 Å². The van der Waals surface area contributed by atoms with Crippen molar-refractivity contribution in [2.75, 3.05) is 37.4 Å². The lowest BCUT2D eigenvalue weighted by molar-refractivity contribution is 0.120. The van der Waals surface area contributed by atoms with Crippen molar-refractivity contribution in [3.63, 3.8) is 0 Å². The molecule has 2 N–H and O–H groups in total. The predicted octanol–water partition coefficient (Wildman–Crippen LogP) is 2.54. The molecule has 0 aromatic carbocycles. The Kier molecular flexibility index (Phi) is 5.70. The van der Waals surface area contributed by atoms with Gasteiger partial charge in [-0.15, -0.1) is 0 Å². The third-order valence-electron chi connectivity index (χ3n) is 5.38. The Morgan fingerprint density at radius 2 is 2.21 bits per heavy atom. The van der Waals surface area contributed by atoms with Gasteiger partial charge in [-0.3, -0.25) is 4.98 Å². The largest absolute Gasteiger partial charge is 0.376 e. The van der Waals surface area contributed by atoms with Crippen LogP contribution in [-0.4, -0.2) is 47.7 Å². The highest BCUT2D eigenvalue weighted by atomic mass is 16.5. The van der Waals surface area contributed by atoms with Crippen molar-refractivity contribution in [2.24, 2.45) is 0 Å². The van der Waals surface area contributed by atoms with Gasteiger partial charge >= 0.3 is 0 Å². The Morgan fingerprint density at radius 1 is 1.29 bits per heavy atom. The van der Waals surface area contributed by atoms with Crippen LogP contribution in [0.15, 0.2) is 24.4 Å². The van der Waals surface area contributed by atoms with E-state index in [1.54, 1.807) is 6.20 Å². The van der Waals surface area contributed by atoms with E-state index in [2.05, 4.69) is 33.6 Å². The van der Waals surface area contributed by atoms with Crippen molar-refractivity contribution in [1.29, 1.82) is 5.26 Å². The van der Waals surface area contributed by atoms with Gasteiger partial charge in [0.2, 0.25) is 0 Å². The molecular weight excluding hydrogens is 352 g/mol. The first-order valence-electron chi connectivity index (χ1n) is 9.88. The molecule has 2 aliphatic rings. The van der Waals surface area contributed by atoms with Gasteiger partial charge in [0.05, 0.1) is 23.9 Å².